The van der Waals surface area contributed by atoms with E-state index in [9.17, 15) is 4.79 Å². The van der Waals surface area contributed by atoms with E-state index in [1.54, 1.807) is 11.9 Å². The highest BCUT2D eigenvalue weighted by molar-refractivity contribution is 5.88. The summed E-state index contributed by atoms with van der Waals surface area (Å²) >= 11 is 0. The number of hydrazine groups is 1. The number of carbonyl (C=O) groups is 1. The van der Waals surface area contributed by atoms with E-state index < -0.39 is 5.97 Å². The molecule has 78 valence electrons. The predicted molar refractivity (Wildman–Crippen MR) is 50.9 cm³/mol. The number of nitrogens with zero attached hydrogens (tertiary/aromatic N) is 1. The zero-order valence-corrected chi connectivity index (χ0v) is 8.50. The molecule has 0 aromatic carbocycles. The van der Waals surface area contributed by atoms with Crippen molar-refractivity contribution in [3.8, 4) is 0 Å². The third-order valence-corrected chi connectivity index (χ3v) is 1.77. The molecule has 2 N–H and O–H groups in total. The van der Waals surface area contributed by atoms with Crippen LogP contribution in [0.5, 0.6) is 0 Å². The number of furan rings is 1. The number of carboxylic acid groups (broad SMARTS) is 1. The van der Waals surface area contributed by atoms with Gasteiger partial charge >= 0.3 is 5.97 Å². The van der Waals surface area contributed by atoms with Crippen molar-refractivity contribution in [3.05, 3.63) is 23.2 Å². The maximum atomic E-state index is 10.7. The van der Waals surface area contributed by atoms with Crippen molar-refractivity contribution in [3.63, 3.8) is 0 Å². The number of hydrogen-bond acceptors (Lipinski definition) is 4. The second kappa shape index (κ2) is 4.26. The van der Waals surface area contributed by atoms with Crippen molar-refractivity contribution >= 4 is 5.97 Å². The van der Waals surface area contributed by atoms with E-state index in [2.05, 4.69) is 5.43 Å². The van der Waals surface area contributed by atoms with Crippen molar-refractivity contribution in [2.75, 3.05) is 14.1 Å². The van der Waals surface area contributed by atoms with Crippen LogP contribution < -0.4 is 5.43 Å². The minimum absolute atomic E-state index is 0.223. The summed E-state index contributed by atoms with van der Waals surface area (Å²) in [7, 11) is 3.71. The Labute approximate surface area is 82.3 Å². The monoisotopic (exact) mass is 198 g/mol. The lowest BCUT2D eigenvalue weighted by molar-refractivity contribution is 0.0695. The minimum Gasteiger partial charge on any atom is -0.478 e. The standard InChI is InChI=1S/C9H14N2O3/c1-6-8(9(12)13)4-7(14-6)5-10-11(2)3/h4,10H,5H2,1-3H3,(H,12,13). The number of carboxylic acids is 1. The Balaban J connectivity index is 2.71. The molecule has 0 saturated heterocycles. The van der Waals surface area contributed by atoms with Gasteiger partial charge in [-0.15, -0.1) is 0 Å². The highest BCUT2D eigenvalue weighted by Crippen LogP contribution is 2.14. The van der Waals surface area contributed by atoms with Crippen molar-refractivity contribution in [1.82, 2.24) is 10.4 Å². The van der Waals surface area contributed by atoms with Crippen LogP contribution in [0.15, 0.2) is 10.5 Å². The lowest BCUT2D eigenvalue weighted by Crippen LogP contribution is -2.29. The summed E-state index contributed by atoms with van der Waals surface area (Å²) in [6.45, 7) is 2.13. The number of nitrogens with one attached hydrogen (secondary N) is 1. The highest BCUT2D eigenvalue weighted by atomic mass is 16.4. The largest absolute Gasteiger partial charge is 0.478 e. The van der Waals surface area contributed by atoms with Gasteiger partial charge in [0.1, 0.15) is 17.1 Å². The molecule has 14 heavy (non-hydrogen) atoms. The Morgan fingerprint density at radius 3 is 2.71 bits per heavy atom. The fourth-order valence-corrected chi connectivity index (χ4v) is 1.08. The molecule has 0 amide bonds. The van der Waals surface area contributed by atoms with E-state index in [0.29, 0.717) is 18.1 Å². The van der Waals surface area contributed by atoms with Gasteiger partial charge in [-0.1, -0.05) is 0 Å². The molecule has 0 radical (unpaired) electrons. The normalized spacial score (nSPS) is 10.9. The summed E-state index contributed by atoms with van der Waals surface area (Å²) < 4.78 is 5.26. The highest BCUT2D eigenvalue weighted by Gasteiger charge is 2.13. The lowest BCUT2D eigenvalue weighted by atomic mass is 10.2. The van der Waals surface area contributed by atoms with Crippen LogP contribution in [0.1, 0.15) is 21.9 Å². The molecule has 1 aromatic heterocycles. The molecule has 0 fully saturated rings. The van der Waals surface area contributed by atoms with Crippen molar-refractivity contribution < 1.29 is 14.3 Å². The number of aromatic carboxylic acids is 1. The van der Waals surface area contributed by atoms with Gasteiger partial charge < -0.3 is 9.52 Å². The van der Waals surface area contributed by atoms with E-state index in [1.165, 1.54) is 6.07 Å². The smallest absolute Gasteiger partial charge is 0.339 e. The second-order valence-corrected chi connectivity index (χ2v) is 3.22. The Bertz CT molecular complexity index is 331. The summed E-state index contributed by atoms with van der Waals surface area (Å²) in [6.07, 6.45) is 0. The first kappa shape index (κ1) is 10.7. The average molecular weight is 198 g/mol. The Hall–Kier alpha value is -1.33. The third kappa shape index (κ3) is 2.58. The molecule has 0 aliphatic rings. The van der Waals surface area contributed by atoms with Crippen LogP contribution in [0.4, 0.5) is 0 Å². The number of aryl methyl sites for hydroxylation is 1. The van der Waals surface area contributed by atoms with Crippen LogP contribution in [0.25, 0.3) is 0 Å². The summed E-state index contributed by atoms with van der Waals surface area (Å²) in [5, 5.41) is 10.5. The average Bonchev–Trinajstić information content (AvgIpc) is 2.43. The van der Waals surface area contributed by atoms with Gasteiger partial charge in [-0.2, -0.15) is 0 Å². The molecule has 0 aliphatic heterocycles. The van der Waals surface area contributed by atoms with Crippen LogP contribution in [-0.2, 0) is 6.54 Å². The molecule has 0 unspecified atom stereocenters. The molecule has 5 heteroatoms. The molecule has 1 heterocycles. The van der Waals surface area contributed by atoms with Gasteiger partial charge in [-0.3, -0.25) is 5.01 Å². The molecule has 0 atom stereocenters. The Morgan fingerprint density at radius 2 is 2.29 bits per heavy atom. The molecular weight excluding hydrogens is 184 g/mol. The first-order valence-corrected chi connectivity index (χ1v) is 4.24. The maximum absolute atomic E-state index is 10.7. The Kier molecular flexibility index (Phi) is 3.27. The molecule has 0 aliphatic carbocycles. The van der Waals surface area contributed by atoms with Crippen LogP contribution in [0, 0.1) is 6.92 Å². The van der Waals surface area contributed by atoms with Crippen molar-refractivity contribution in [1.29, 1.82) is 0 Å². The van der Waals surface area contributed by atoms with E-state index in [4.69, 9.17) is 9.52 Å². The molecule has 1 aromatic rings. The van der Waals surface area contributed by atoms with Crippen molar-refractivity contribution in [2.24, 2.45) is 0 Å². The van der Waals surface area contributed by atoms with Crippen LogP contribution in [0.3, 0.4) is 0 Å². The van der Waals surface area contributed by atoms with Crippen LogP contribution in [0.2, 0.25) is 0 Å². The predicted octanol–water partition coefficient (Wildman–Crippen LogP) is 0.852. The van der Waals surface area contributed by atoms with Crippen molar-refractivity contribution in [2.45, 2.75) is 13.5 Å². The maximum Gasteiger partial charge on any atom is 0.339 e. The van der Waals surface area contributed by atoms with Gasteiger partial charge in [0.05, 0.1) is 6.54 Å². The molecule has 0 spiro atoms. The topological polar surface area (TPSA) is 65.7 Å². The van der Waals surface area contributed by atoms with E-state index >= 15 is 0 Å². The first-order chi connectivity index (χ1) is 6.50. The van der Waals surface area contributed by atoms with E-state index in [0.717, 1.165) is 0 Å². The van der Waals surface area contributed by atoms with Gasteiger partial charge in [-0.05, 0) is 13.0 Å². The summed E-state index contributed by atoms with van der Waals surface area (Å²) in [4.78, 5) is 10.7. The summed E-state index contributed by atoms with van der Waals surface area (Å²) in [5.74, 6) is 0.101. The van der Waals surface area contributed by atoms with E-state index in [-0.39, 0.29) is 5.56 Å². The van der Waals surface area contributed by atoms with E-state index in [1.807, 2.05) is 14.1 Å². The minimum atomic E-state index is -0.956. The molecule has 1 rings (SSSR count). The van der Waals surface area contributed by atoms with Gasteiger partial charge in [0.25, 0.3) is 0 Å². The quantitative estimate of drug-likeness (QED) is 0.702. The fourth-order valence-electron chi connectivity index (χ4n) is 1.08. The zero-order valence-electron chi connectivity index (χ0n) is 8.50. The summed E-state index contributed by atoms with van der Waals surface area (Å²) in [5.41, 5.74) is 3.21. The lowest BCUT2D eigenvalue weighted by Gasteiger charge is -2.09. The zero-order chi connectivity index (χ0) is 10.7. The third-order valence-electron chi connectivity index (χ3n) is 1.77. The molecule has 0 saturated carbocycles. The summed E-state index contributed by atoms with van der Waals surface area (Å²) in [6, 6.07) is 1.54. The molecular formula is C9H14N2O3. The first-order valence-electron chi connectivity index (χ1n) is 4.24. The fraction of sp³-hybridized carbons (Fsp3) is 0.444. The van der Waals surface area contributed by atoms with Crippen LogP contribution >= 0.6 is 0 Å². The Morgan fingerprint density at radius 1 is 1.64 bits per heavy atom. The SMILES string of the molecule is Cc1oc(CNN(C)C)cc1C(=O)O. The van der Waals surface area contributed by atoms with Gasteiger partial charge in [0.15, 0.2) is 0 Å². The van der Waals surface area contributed by atoms with Gasteiger partial charge in [0, 0.05) is 14.1 Å². The molecule has 5 nitrogen and oxygen atoms in total. The van der Waals surface area contributed by atoms with Gasteiger partial charge in [0.2, 0.25) is 0 Å². The van der Waals surface area contributed by atoms with Gasteiger partial charge in [-0.25, -0.2) is 10.2 Å². The molecule has 0 bridgehead atoms. The number of hydrogen-bond donors (Lipinski definition) is 2. The number of rotatable bonds is 4. The van der Waals surface area contributed by atoms with Crippen LogP contribution in [-0.4, -0.2) is 30.2 Å². The second-order valence-electron chi connectivity index (χ2n) is 3.22.